The first-order valence-corrected chi connectivity index (χ1v) is 32.7. The second kappa shape index (κ2) is 64.9. The molecule has 0 spiro atoms. The summed E-state index contributed by atoms with van der Waals surface area (Å²) in [5, 5.41) is 0. The summed E-state index contributed by atoms with van der Waals surface area (Å²) in [6.07, 6.45) is 87.0. The maximum Gasteiger partial charge on any atom is 0.306 e. The monoisotopic (exact) mass is 1070 g/mol. The number of carbonyl (C=O) groups is 3. The van der Waals surface area contributed by atoms with Crippen molar-refractivity contribution in [3.8, 4) is 0 Å². The Morgan fingerprint density at radius 2 is 0.519 bits per heavy atom. The van der Waals surface area contributed by atoms with Crippen molar-refractivity contribution >= 4 is 17.9 Å². The Hall–Kier alpha value is -3.67. The minimum absolute atomic E-state index is 0.0875. The quantitative estimate of drug-likeness (QED) is 0.0261. The minimum atomic E-state index is -0.790. The van der Waals surface area contributed by atoms with Gasteiger partial charge in [-0.25, -0.2) is 0 Å². The van der Waals surface area contributed by atoms with Crippen LogP contribution < -0.4 is 0 Å². The Balaban J connectivity index is 4.37. The minimum Gasteiger partial charge on any atom is -0.462 e. The highest BCUT2D eigenvalue weighted by molar-refractivity contribution is 5.71. The molecule has 0 aliphatic carbocycles. The number of rotatable bonds is 59. The maximum atomic E-state index is 12.9. The maximum absolute atomic E-state index is 12.9. The van der Waals surface area contributed by atoms with E-state index in [0.717, 1.165) is 135 Å². The molecule has 0 aromatic carbocycles. The van der Waals surface area contributed by atoms with Gasteiger partial charge in [-0.3, -0.25) is 14.4 Å². The van der Waals surface area contributed by atoms with E-state index in [1.54, 1.807) is 0 Å². The van der Waals surface area contributed by atoms with Gasteiger partial charge in [0.15, 0.2) is 6.10 Å². The number of hydrogen-bond acceptors (Lipinski definition) is 6. The molecule has 0 N–H and O–H groups in total. The lowest BCUT2D eigenvalue weighted by Gasteiger charge is -2.18. The van der Waals surface area contributed by atoms with Crippen molar-refractivity contribution in [3.05, 3.63) is 97.2 Å². The van der Waals surface area contributed by atoms with Crippen LogP contribution in [0.1, 0.15) is 316 Å². The molecule has 1 atom stereocenters. The summed E-state index contributed by atoms with van der Waals surface area (Å²) in [5.41, 5.74) is 0. The molecule has 442 valence electrons. The third kappa shape index (κ3) is 63.0. The Kier molecular flexibility index (Phi) is 61.8. The van der Waals surface area contributed by atoms with Crippen molar-refractivity contribution in [2.24, 2.45) is 0 Å². The third-order valence-corrected chi connectivity index (χ3v) is 14.1. The van der Waals surface area contributed by atoms with Crippen LogP contribution in [-0.2, 0) is 28.6 Å². The lowest BCUT2D eigenvalue weighted by Crippen LogP contribution is -2.30. The molecule has 0 saturated carbocycles. The summed E-state index contributed by atoms with van der Waals surface area (Å²) in [6, 6.07) is 0. The van der Waals surface area contributed by atoms with Crippen LogP contribution in [0.3, 0.4) is 0 Å². The Morgan fingerprint density at radius 1 is 0.273 bits per heavy atom. The van der Waals surface area contributed by atoms with E-state index < -0.39 is 6.10 Å². The Labute approximate surface area is 477 Å². The molecule has 0 radical (unpaired) electrons. The highest BCUT2D eigenvalue weighted by Crippen LogP contribution is 2.17. The van der Waals surface area contributed by atoms with Gasteiger partial charge in [-0.15, -0.1) is 0 Å². The lowest BCUT2D eigenvalue weighted by molar-refractivity contribution is -0.167. The van der Waals surface area contributed by atoms with E-state index in [2.05, 4.69) is 118 Å². The van der Waals surface area contributed by atoms with Gasteiger partial charge in [0.25, 0.3) is 0 Å². The van der Waals surface area contributed by atoms with E-state index in [-0.39, 0.29) is 31.1 Å². The molecular formula is C71H122O6. The summed E-state index contributed by atoms with van der Waals surface area (Å²) in [5.74, 6) is -0.902. The van der Waals surface area contributed by atoms with Crippen LogP contribution in [0, 0.1) is 0 Å². The molecular weight excluding hydrogens is 949 g/mol. The highest BCUT2D eigenvalue weighted by Gasteiger charge is 2.19. The van der Waals surface area contributed by atoms with Gasteiger partial charge >= 0.3 is 17.9 Å². The SMILES string of the molecule is CC/C=C\C/C=C\C/C=C\C/C=C\C/C=C\C/C=C\CCCCCCCCC(=O)OCC(COC(=O)CCCCCCC/C=C\C/C=C\CCCC)OC(=O)CCCCCCCCCCCCCCCCCCCCCC. The number of esters is 3. The molecule has 0 aromatic rings. The molecule has 0 aliphatic rings. The van der Waals surface area contributed by atoms with Crippen LogP contribution in [0.5, 0.6) is 0 Å². The van der Waals surface area contributed by atoms with Crippen molar-refractivity contribution < 1.29 is 28.6 Å². The second-order valence-corrected chi connectivity index (χ2v) is 21.6. The summed E-state index contributed by atoms with van der Waals surface area (Å²) in [6.45, 7) is 6.50. The molecule has 77 heavy (non-hydrogen) atoms. The van der Waals surface area contributed by atoms with Crippen LogP contribution >= 0.6 is 0 Å². The van der Waals surface area contributed by atoms with Gasteiger partial charge < -0.3 is 14.2 Å². The Morgan fingerprint density at radius 3 is 0.831 bits per heavy atom. The largest absolute Gasteiger partial charge is 0.462 e. The highest BCUT2D eigenvalue weighted by atomic mass is 16.6. The zero-order valence-corrected chi connectivity index (χ0v) is 50.7. The Bertz CT molecular complexity index is 1510. The first-order valence-electron chi connectivity index (χ1n) is 32.7. The number of allylic oxidation sites excluding steroid dienone is 16. The van der Waals surface area contributed by atoms with Crippen molar-refractivity contribution in [1.29, 1.82) is 0 Å². The van der Waals surface area contributed by atoms with Crippen LogP contribution in [0.2, 0.25) is 0 Å². The topological polar surface area (TPSA) is 78.9 Å². The van der Waals surface area contributed by atoms with E-state index in [0.29, 0.717) is 19.3 Å². The lowest BCUT2D eigenvalue weighted by atomic mass is 10.0. The van der Waals surface area contributed by atoms with Gasteiger partial charge in [-0.1, -0.05) is 298 Å². The van der Waals surface area contributed by atoms with Crippen LogP contribution in [-0.4, -0.2) is 37.2 Å². The molecule has 0 saturated heterocycles. The van der Waals surface area contributed by atoms with Crippen molar-refractivity contribution in [3.63, 3.8) is 0 Å². The molecule has 0 rings (SSSR count). The van der Waals surface area contributed by atoms with Crippen LogP contribution in [0.25, 0.3) is 0 Å². The fourth-order valence-electron chi connectivity index (χ4n) is 9.17. The van der Waals surface area contributed by atoms with Gasteiger partial charge in [0, 0.05) is 19.3 Å². The third-order valence-electron chi connectivity index (χ3n) is 14.1. The predicted octanol–water partition coefficient (Wildman–Crippen LogP) is 22.4. The molecule has 0 heterocycles. The van der Waals surface area contributed by atoms with E-state index in [4.69, 9.17) is 14.2 Å². The van der Waals surface area contributed by atoms with E-state index in [1.807, 2.05) is 0 Å². The molecule has 0 bridgehead atoms. The number of carbonyl (C=O) groups excluding carboxylic acids is 3. The normalized spacial score (nSPS) is 12.7. The molecule has 0 aromatic heterocycles. The van der Waals surface area contributed by atoms with E-state index >= 15 is 0 Å². The number of ether oxygens (including phenoxy) is 3. The van der Waals surface area contributed by atoms with Crippen molar-refractivity contribution in [2.45, 2.75) is 322 Å². The van der Waals surface area contributed by atoms with Gasteiger partial charge in [0.05, 0.1) is 0 Å². The fraction of sp³-hybridized carbons (Fsp3) is 0.732. The van der Waals surface area contributed by atoms with E-state index in [9.17, 15) is 14.4 Å². The zero-order valence-electron chi connectivity index (χ0n) is 50.7. The summed E-state index contributed by atoms with van der Waals surface area (Å²) in [7, 11) is 0. The smallest absolute Gasteiger partial charge is 0.306 e. The standard InChI is InChI=1S/C71H122O6/c1-4-7-10-13-16-19-22-25-28-30-32-34-35-36-37-38-40-41-43-46-49-52-55-58-61-64-70(73)76-67-68(66-75-69(72)63-60-57-54-51-48-45-27-24-21-18-15-12-9-6-3)77-71(74)65-62-59-56-53-50-47-44-42-39-33-31-29-26-23-20-17-14-11-8-5-2/h7,10,15-16,18-19,24-25,27-28,32,34,36-37,40-41,68H,4-6,8-9,11-14,17,20-23,26,29-31,33,35,38-39,42-67H2,1-3H3/b10-7-,18-15-,19-16-,27-24-,28-25-,34-32-,37-36-,41-40-. The van der Waals surface area contributed by atoms with Gasteiger partial charge in [-0.05, 0) is 96.3 Å². The van der Waals surface area contributed by atoms with Gasteiger partial charge in [0.1, 0.15) is 13.2 Å². The predicted molar refractivity (Wildman–Crippen MR) is 334 cm³/mol. The number of unbranched alkanes of at least 4 members (excludes halogenated alkanes) is 32. The van der Waals surface area contributed by atoms with E-state index in [1.165, 1.54) is 141 Å². The molecule has 0 amide bonds. The number of hydrogen-bond donors (Lipinski definition) is 0. The molecule has 6 heteroatoms. The van der Waals surface area contributed by atoms with Crippen LogP contribution in [0.15, 0.2) is 97.2 Å². The van der Waals surface area contributed by atoms with Gasteiger partial charge in [0.2, 0.25) is 0 Å². The average molecular weight is 1070 g/mol. The first-order chi connectivity index (χ1) is 38.0. The van der Waals surface area contributed by atoms with Crippen LogP contribution in [0.4, 0.5) is 0 Å². The molecule has 0 fully saturated rings. The zero-order chi connectivity index (χ0) is 55.7. The summed E-state index contributed by atoms with van der Waals surface area (Å²) in [4.78, 5) is 38.3. The van der Waals surface area contributed by atoms with Crippen molar-refractivity contribution in [2.75, 3.05) is 13.2 Å². The van der Waals surface area contributed by atoms with Gasteiger partial charge in [-0.2, -0.15) is 0 Å². The fourth-order valence-corrected chi connectivity index (χ4v) is 9.17. The summed E-state index contributed by atoms with van der Waals surface area (Å²) < 4.78 is 16.9. The second-order valence-electron chi connectivity index (χ2n) is 21.6. The summed E-state index contributed by atoms with van der Waals surface area (Å²) >= 11 is 0. The average Bonchev–Trinajstić information content (AvgIpc) is 3.43. The molecule has 0 aliphatic heterocycles. The van der Waals surface area contributed by atoms with Crippen molar-refractivity contribution in [1.82, 2.24) is 0 Å². The first kappa shape index (κ1) is 73.3. The molecule has 6 nitrogen and oxygen atoms in total. The molecule has 1 unspecified atom stereocenters.